The maximum Gasteiger partial charge on any atom is 0.391 e. The molecule has 0 unspecified atom stereocenters. The van der Waals surface area contributed by atoms with Gasteiger partial charge < -0.3 is 5.11 Å². The van der Waals surface area contributed by atoms with Crippen LogP contribution in [-0.2, 0) is 0 Å². The normalized spacial score (nSPS) is 11.3. The van der Waals surface area contributed by atoms with E-state index in [1.54, 1.807) is 11.3 Å². The first-order chi connectivity index (χ1) is 10.3. The van der Waals surface area contributed by atoms with Crippen molar-refractivity contribution < 1.29 is 9.51 Å². The first kappa shape index (κ1) is 12.3. The SMILES string of the molecule is Cc1nc2ccccc2[n+]2c(O)c(-c3ccccc3)sc12. The van der Waals surface area contributed by atoms with E-state index in [9.17, 15) is 5.11 Å². The van der Waals surface area contributed by atoms with E-state index in [1.807, 2.05) is 65.9 Å². The molecule has 0 radical (unpaired) electrons. The molecule has 0 aliphatic heterocycles. The zero-order chi connectivity index (χ0) is 14.4. The standard InChI is InChI=1S/C17H12N2OS/c1-11-17-19(14-10-6-5-9-13(14)18-11)16(20)15(21-17)12-7-3-2-4-8-12/h2-10H,1H3/p+1. The van der Waals surface area contributed by atoms with Crippen LogP contribution in [0.2, 0.25) is 0 Å². The van der Waals surface area contributed by atoms with Gasteiger partial charge in [0.1, 0.15) is 11.2 Å². The summed E-state index contributed by atoms with van der Waals surface area (Å²) in [6.45, 7) is 1.98. The van der Waals surface area contributed by atoms with Gasteiger partial charge in [-0.05, 0) is 13.0 Å². The largest absolute Gasteiger partial charge is 0.458 e. The van der Waals surface area contributed by atoms with Crippen LogP contribution in [0.5, 0.6) is 5.88 Å². The van der Waals surface area contributed by atoms with Gasteiger partial charge in [-0.2, -0.15) is 0 Å². The Morgan fingerprint density at radius 2 is 1.71 bits per heavy atom. The van der Waals surface area contributed by atoms with Gasteiger partial charge in [0.05, 0.1) is 0 Å². The molecular weight excluding hydrogens is 280 g/mol. The summed E-state index contributed by atoms with van der Waals surface area (Å²) in [5.41, 5.74) is 3.76. The maximum atomic E-state index is 10.7. The van der Waals surface area contributed by atoms with Crippen LogP contribution in [0.3, 0.4) is 0 Å². The minimum atomic E-state index is 0.280. The predicted molar refractivity (Wildman–Crippen MR) is 84.6 cm³/mol. The summed E-state index contributed by atoms with van der Waals surface area (Å²) >= 11 is 1.57. The number of thiazole rings is 1. The fourth-order valence-corrected chi connectivity index (χ4v) is 3.70. The second-order valence-electron chi connectivity index (χ2n) is 4.95. The highest BCUT2D eigenvalue weighted by Gasteiger charge is 2.26. The van der Waals surface area contributed by atoms with E-state index in [0.29, 0.717) is 0 Å². The Kier molecular flexibility index (Phi) is 2.65. The summed E-state index contributed by atoms with van der Waals surface area (Å²) in [5.74, 6) is 0.280. The average Bonchev–Trinajstić information content (AvgIpc) is 2.87. The Labute approximate surface area is 125 Å². The Balaban J connectivity index is 2.16. The molecule has 102 valence electrons. The number of aromatic nitrogens is 2. The highest BCUT2D eigenvalue weighted by Crippen LogP contribution is 2.35. The van der Waals surface area contributed by atoms with E-state index < -0.39 is 0 Å². The van der Waals surface area contributed by atoms with Gasteiger partial charge >= 0.3 is 5.88 Å². The molecule has 2 aromatic heterocycles. The Bertz CT molecular complexity index is 961. The highest BCUT2D eigenvalue weighted by atomic mass is 32.1. The second kappa shape index (κ2) is 4.53. The molecule has 0 fully saturated rings. The molecule has 2 aromatic carbocycles. The summed E-state index contributed by atoms with van der Waals surface area (Å²) in [6, 6.07) is 17.8. The quantitative estimate of drug-likeness (QED) is 0.543. The molecule has 4 rings (SSSR count). The van der Waals surface area contributed by atoms with Gasteiger partial charge in [-0.1, -0.05) is 53.8 Å². The molecule has 0 saturated carbocycles. The molecule has 3 nitrogen and oxygen atoms in total. The Morgan fingerprint density at radius 1 is 1.00 bits per heavy atom. The van der Waals surface area contributed by atoms with Crippen LogP contribution < -0.4 is 4.40 Å². The lowest BCUT2D eigenvalue weighted by atomic mass is 10.2. The van der Waals surface area contributed by atoms with Gasteiger partial charge in [0.15, 0.2) is 4.88 Å². The molecular formula is C17H13N2OS+. The summed E-state index contributed by atoms with van der Waals surface area (Å²) < 4.78 is 1.89. The molecule has 21 heavy (non-hydrogen) atoms. The lowest BCUT2D eigenvalue weighted by molar-refractivity contribution is -0.489. The van der Waals surface area contributed by atoms with E-state index in [2.05, 4.69) is 4.98 Å². The highest BCUT2D eigenvalue weighted by molar-refractivity contribution is 7.20. The van der Waals surface area contributed by atoms with Gasteiger partial charge in [0.2, 0.25) is 5.52 Å². The summed E-state index contributed by atoms with van der Waals surface area (Å²) in [4.78, 5) is 6.48. The van der Waals surface area contributed by atoms with Crippen LogP contribution in [-0.4, -0.2) is 10.1 Å². The minimum Gasteiger partial charge on any atom is -0.458 e. The number of rotatable bonds is 1. The van der Waals surface area contributed by atoms with Gasteiger partial charge in [0, 0.05) is 11.6 Å². The van der Waals surface area contributed by atoms with Crippen molar-refractivity contribution in [1.29, 1.82) is 0 Å². The Hall–Kier alpha value is -2.46. The Morgan fingerprint density at radius 3 is 2.52 bits per heavy atom. The summed E-state index contributed by atoms with van der Waals surface area (Å²) in [7, 11) is 0. The van der Waals surface area contributed by atoms with Gasteiger partial charge in [-0.3, -0.25) is 0 Å². The van der Waals surface area contributed by atoms with Crippen molar-refractivity contribution in [2.75, 3.05) is 0 Å². The fraction of sp³-hybridized carbons (Fsp3) is 0.0588. The molecule has 0 spiro atoms. The number of aryl methyl sites for hydroxylation is 1. The zero-order valence-corrected chi connectivity index (χ0v) is 12.3. The van der Waals surface area contributed by atoms with E-state index in [4.69, 9.17) is 0 Å². The molecule has 4 heteroatoms. The van der Waals surface area contributed by atoms with Crippen molar-refractivity contribution in [3.8, 4) is 16.3 Å². The number of hydrogen-bond donors (Lipinski definition) is 1. The third-order valence-electron chi connectivity index (χ3n) is 3.57. The molecule has 0 aliphatic carbocycles. The summed E-state index contributed by atoms with van der Waals surface area (Å²) in [5, 5.41) is 10.7. The predicted octanol–water partition coefficient (Wildman–Crippen LogP) is 3.72. The van der Waals surface area contributed by atoms with Gasteiger partial charge in [-0.25, -0.2) is 4.98 Å². The number of nitrogens with zero attached hydrogens (tertiary/aromatic N) is 2. The monoisotopic (exact) mass is 293 g/mol. The number of fused-ring (bicyclic) bond motifs is 3. The second-order valence-corrected chi connectivity index (χ2v) is 5.95. The van der Waals surface area contributed by atoms with Crippen molar-refractivity contribution in [2.45, 2.75) is 6.92 Å². The van der Waals surface area contributed by atoms with Crippen molar-refractivity contribution in [1.82, 2.24) is 4.98 Å². The first-order valence-electron chi connectivity index (χ1n) is 6.74. The number of para-hydroxylation sites is 2. The van der Waals surface area contributed by atoms with E-state index >= 15 is 0 Å². The third-order valence-corrected chi connectivity index (χ3v) is 4.87. The summed E-state index contributed by atoms with van der Waals surface area (Å²) in [6.07, 6.45) is 0. The van der Waals surface area contributed by atoms with Crippen LogP contribution in [0.15, 0.2) is 54.6 Å². The fourth-order valence-electron chi connectivity index (χ4n) is 2.60. The lowest BCUT2D eigenvalue weighted by Gasteiger charge is -1.95. The maximum absolute atomic E-state index is 10.7. The van der Waals surface area contributed by atoms with Crippen LogP contribution in [0.4, 0.5) is 0 Å². The molecule has 0 amide bonds. The van der Waals surface area contributed by atoms with E-state index in [0.717, 1.165) is 32.0 Å². The molecule has 2 heterocycles. The lowest BCUT2D eigenvalue weighted by Crippen LogP contribution is -2.21. The van der Waals surface area contributed by atoms with Crippen LogP contribution >= 0.6 is 11.3 Å². The van der Waals surface area contributed by atoms with Crippen molar-refractivity contribution in [3.63, 3.8) is 0 Å². The molecule has 0 atom stereocenters. The zero-order valence-electron chi connectivity index (χ0n) is 11.4. The van der Waals surface area contributed by atoms with E-state index in [-0.39, 0.29) is 5.88 Å². The first-order valence-corrected chi connectivity index (χ1v) is 7.55. The third kappa shape index (κ3) is 1.80. The molecule has 0 saturated heterocycles. The van der Waals surface area contributed by atoms with Gasteiger partial charge in [-0.15, -0.1) is 4.40 Å². The number of aromatic hydroxyl groups is 1. The minimum absolute atomic E-state index is 0.280. The van der Waals surface area contributed by atoms with Crippen LogP contribution in [0.1, 0.15) is 5.69 Å². The number of benzene rings is 2. The number of hydrogen-bond acceptors (Lipinski definition) is 3. The molecule has 0 aliphatic rings. The van der Waals surface area contributed by atoms with Crippen molar-refractivity contribution >= 4 is 27.2 Å². The van der Waals surface area contributed by atoms with Crippen molar-refractivity contribution in [3.05, 3.63) is 60.3 Å². The molecule has 4 aromatic rings. The smallest absolute Gasteiger partial charge is 0.391 e. The molecule has 0 bridgehead atoms. The average molecular weight is 293 g/mol. The van der Waals surface area contributed by atoms with Crippen LogP contribution in [0, 0.1) is 6.92 Å². The van der Waals surface area contributed by atoms with Gasteiger partial charge in [0.25, 0.3) is 4.83 Å². The van der Waals surface area contributed by atoms with Crippen LogP contribution in [0.25, 0.3) is 26.3 Å². The van der Waals surface area contributed by atoms with E-state index in [1.165, 1.54) is 0 Å². The van der Waals surface area contributed by atoms with Crippen molar-refractivity contribution in [2.24, 2.45) is 0 Å². The topological polar surface area (TPSA) is 37.2 Å². The molecule has 1 N–H and O–H groups in total.